The first-order chi connectivity index (χ1) is 8.81. The number of hydrogen-bond acceptors (Lipinski definition) is 4. The average molecular weight is 283 g/mol. The van der Waals surface area contributed by atoms with Gasteiger partial charge in [0.2, 0.25) is 0 Å². The maximum absolute atomic E-state index is 5.97. The van der Waals surface area contributed by atoms with E-state index in [2.05, 4.69) is 10.3 Å². The molecule has 0 atom stereocenters. The first-order valence-electron chi connectivity index (χ1n) is 6.19. The molecule has 1 saturated heterocycles. The number of hydrogen-bond donors (Lipinski definition) is 1. The minimum absolute atomic E-state index is 0.703. The van der Waals surface area contributed by atoms with Crippen LogP contribution in [0.4, 0.5) is 5.13 Å². The summed E-state index contributed by atoms with van der Waals surface area (Å²) in [6, 6.07) is 5.81. The topological polar surface area (TPSA) is 34.2 Å². The molecule has 2 heterocycles. The lowest BCUT2D eigenvalue weighted by Gasteiger charge is -2.21. The minimum Gasteiger partial charge on any atom is -0.381 e. The summed E-state index contributed by atoms with van der Waals surface area (Å²) in [6.45, 7) is 2.76. The summed E-state index contributed by atoms with van der Waals surface area (Å²) in [7, 11) is 0. The van der Waals surface area contributed by atoms with Crippen LogP contribution < -0.4 is 5.32 Å². The SMILES string of the molecule is Clc1ccc2nc(NCC3CCOCC3)sc2c1. The van der Waals surface area contributed by atoms with Gasteiger partial charge in [-0.3, -0.25) is 0 Å². The van der Waals surface area contributed by atoms with E-state index < -0.39 is 0 Å². The van der Waals surface area contributed by atoms with Gasteiger partial charge in [0.15, 0.2) is 5.13 Å². The van der Waals surface area contributed by atoms with Crippen LogP contribution >= 0.6 is 22.9 Å². The molecule has 0 aliphatic carbocycles. The summed E-state index contributed by atoms with van der Waals surface area (Å²) in [4.78, 5) is 4.56. The van der Waals surface area contributed by atoms with Crippen molar-refractivity contribution >= 4 is 38.3 Å². The molecule has 2 aromatic rings. The zero-order valence-corrected chi connectivity index (χ0v) is 11.6. The highest BCUT2D eigenvalue weighted by molar-refractivity contribution is 7.22. The molecule has 1 fully saturated rings. The standard InChI is InChI=1S/C13H15ClN2OS/c14-10-1-2-11-12(7-10)18-13(16-11)15-8-9-3-5-17-6-4-9/h1-2,7,9H,3-6,8H2,(H,15,16). The Morgan fingerprint density at radius 1 is 1.39 bits per heavy atom. The third kappa shape index (κ3) is 2.76. The van der Waals surface area contributed by atoms with E-state index in [9.17, 15) is 0 Å². The van der Waals surface area contributed by atoms with Crippen LogP contribution in [0, 0.1) is 5.92 Å². The van der Waals surface area contributed by atoms with Gasteiger partial charge in [-0.15, -0.1) is 0 Å². The summed E-state index contributed by atoms with van der Waals surface area (Å²) in [5, 5.41) is 5.18. The normalized spacial score (nSPS) is 17.2. The van der Waals surface area contributed by atoms with E-state index in [1.54, 1.807) is 11.3 Å². The predicted molar refractivity (Wildman–Crippen MR) is 76.7 cm³/mol. The first-order valence-corrected chi connectivity index (χ1v) is 7.38. The lowest BCUT2D eigenvalue weighted by Crippen LogP contribution is -2.22. The van der Waals surface area contributed by atoms with Gasteiger partial charge in [-0.2, -0.15) is 0 Å². The molecule has 1 N–H and O–H groups in total. The fourth-order valence-electron chi connectivity index (χ4n) is 2.16. The second kappa shape index (κ2) is 5.43. The Bertz CT molecular complexity index is 537. The molecular formula is C13H15ClN2OS. The van der Waals surface area contributed by atoms with Crippen molar-refractivity contribution in [2.45, 2.75) is 12.8 Å². The maximum atomic E-state index is 5.97. The highest BCUT2D eigenvalue weighted by atomic mass is 35.5. The molecular weight excluding hydrogens is 268 g/mol. The predicted octanol–water partition coefficient (Wildman–Crippen LogP) is 3.79. The van der Waals surface area contributed by atoms with E-state index >= 15 is 0 Å². The quantitative estimate of drug-likeness (QED) is 0.930. The molecule has 0 radical (unpaired) electrons. The van der Waals surface area contributed by atoms with Crippen LogP contribution in [-0.2, 0) is 4.74 Å². The smallest absolute Gasteiger partial charge is 0.183 e. The van der Waals surface area contributed by atoms with E-state index in [0.717, 1.165) is 53.0 Å². The van der Waals surface area contributed by atoms with E-state index in [4.69, 9.17) is 16.3 Å². The second-order valence-corrected chi connectivity index (χ2v) is 6.03. The summed E-state index contributed by atoms with van der Waals surface area (Å²) >= 11 is 7.63. The number of ether oxygens (including phenoxy) is 1. The molecule has 1 aromatic heterocycles. The molecule has 0 bridgehead atoms. The Kier molecular flexibility index (Phi) is 3.68. The van der Waals surface area contributed by atoms with Gasteiger partial charge in [-0.1, -0.05) is 22.9 Å². The van der Waals surface area contributed by atoms with Gasteiger partial charge in [0.1, 0.15) is 0 Å². The Morgan fingerprint density at radius 3 is 3.06 bits per heavy atom. The lowest BCUT2D eigenvalue weighted by atomic mass is 10.0. The summed E-state index contributed by atoms with van der Waals surface area (Å²) in [5.41, 5.74) is 1.01. The molecule has 3 rings (SSSR count). The summed E-state index contributed by atoms with van der Waals surface area (Å²) in [6.07, 6.45) is 2.29. The highest BCUT2D eigenvalue weighted by Crippen LogP contribution is 2.28. The van der Waals surface area contributed by atoms with Gasteiger partial charge in [-0.25, -0.2) is 4.98 Å². The molecule has 3 nitrogen and oxygen atoms in total. The van der Waals surface area contributed by atoms with E-state index in [-0.39, 0.29) is 0 Å². The molecule has 0 unspecified atom stereocenters. The largest absolute Gasteiger partial charge is 0.381 e. The zero-order chi connectivity index (χ0) is 12.4. The molecule has 96 valence electrons. The van der Waals surface area contributed by atoms with E-state index in [1.807, 2.05) is 18.2 Å². The fourth-order valence-corrected chi connectivity index (χ4v) is 3.30. The Balaban J connectivity index is 1.67. The molecule has 5 heteroatoms. The van der Waals surface area contributed by atoms with Crippen molar-refractivity contribution < 1.29 is 4.74 Å². The molecule has 0 saturated carbocycles. The first kappa shape index (κ1) is 12.2. The molecule has 1 aliphatic heterocycles. The third-order valence-corrected chi connectivity index (χ3v) is 4.44. The van der Waals surface area contributed by atoms with Gasteiger partial charge in [0.25, 0.3) is 0 Å². The summed E-state index contributed by atoms with van der Waals surface area (Å²) in [5.74, 6) is 0.703. The molecule has 18 heavy (non-hydrogen) atoms. The van der Waals surface area contributed by atoms with Crippen LogP contribution in [0.15, 0.2) is 18.2 Å². The minimum atomic E-state index is 0.703. The van der Waals surface area contributed by atoms with Crippen molar-refractivity contribution in [1.82, 2.24) is 4.98 Å². The van der Waals surface area contributed by atoms with Gasteiger partial charge >= 0.3 is 0 Å². The molecule has 1 aliphatic rings. The van der Waals surface area contributed by atoms with Crippen molar-refractivity contribution in [3.8, 4) is 0 Å². The lowest BCUT2D eigenvalue weighted by molar-refractivity contribution is 0.0699. The van der Waals surface area contributed by atoms with Crippen LogP contribution in [-0.4, -0.2) is 24.7 Å². The van der Waals surface area contributed by atoms with Crippen molar-refractivity contribution in [3.05, 3.63) is 23.2 Å². The van der Waals surface area contributed by atoms with Gasteiger partial charge in [0.05, 0.1) is 10.2 Å². The monoisotopic (exact) mass is 282 g/mol. The maximum Gasteiger partial charge on any atom is 0.183 e. The van der Waals surface area contributed by atoms with Crippen molar-refractivity contribution in [2.75, 3.05) is 25.1 Å². The zero-order valence-electron chi connectivity index (χ0n) is 9.99. The Morgan fingerprint density at radius 2 is 2.22 bits per heavy atom. The number of rotatable bonds is 3. The Labute approximate surface area is 115 Å². The number of halogens is 1. The fraction of sp³-hybridized carbons (Fsp3) is 0.462. The van der Waals surface area contributed by atoms with Crippen molar-refractivity contribution in [3.63, 3.8) is 0 Å². The van der Waals surface area contributed by atoms with Crippen LogP contribution in [0.3, 0.4) is 0 Å². The van der Waals surface area contributed by atoms with E-state index in [0.29, 0.717) is 5.92 Å². The van der Waals surface area contributed by atoms with Crippen molar-refractivity contribution in [1.29, 1.82) is 0 Å². The Hall–Kier alpha value is -0.840. The highest BCUT2D eigenvalue weighted by Gasteiger charge is 2.14. The molecule has 0 spiro atoms. The number of benzene rings is 1. The van der Waals surface area contributed by atoms with Gasteiger partial charge < -0.3 is 10.1 Å². The number of nitrogens with one attached hydrogen (secondary N) is 1. The molecule has 0 amide bonds. The number of nitrogens with zero attached hydrogens (tertiary/aromatic N) is 1. The van der Waals surface area contributed by atoms with E-state index in [1.165, 1.54) is 0 Å². The van der Waals surface area contributed by atoms with Gasteiger partial charge in [-0.05, 0) is 37.0 Å². The second-order valence-electron chi connectivity index (χ2n) is 4.57. The van der Waals surface area contributed by atoms with Crippen molar-refractivity contribution in [2.24, 2.45) is 5.92 Å². The van der Waals surface area contributed by atoms with Crippen LogP contribution in [0.5, 0.6) is 0 Å². The average Bonchev–Trinajstić information content (AvgIpc) is 2.79. The summed E-state index contributed by atoms with van der Waals surface area (Å²) < 4.78 is 6.49. The number of aromatic nitrogens is 1. The number of anilines is 1. The van der Waals surface area contributed by atoms with Crippen LogP contribution in [0.1, 0.15) is 12.8 Å². The van der Waals surface area contributed by atoms with Gasteiger partial charge in [0, 0.05) is 24.8 Å². The molecule has 1 aromatic carbocycles. The van der Waals surface area contributed by atoms with Crippen LogP contribution in [0.25, 0.3) is 10.2 Å². The number of fused-ring (bicyclic) bond motifs is 1. The third-order valence-electron chi connectivity index (χ3n) is 3.23. The van der Waals surface area contributed by atoms with Crippen LogP contribution in [0.2, 0.25) is 5.02 Å². The number of thiazole rings is 1.